The third kappa shape index (κ3) is 3.77. The van der Waals surface area contributed by atoms with Gasteiger partial charge in [0.05, 0.1) is 6.54 Å². The van der Waals surface area contributed by atoms with Crippen LogP contribution in [0, 0.1) is 5.82 Å². The maximum absolute atomic E-state index is 13.6. The van der Waals surface area contributed by atoms with Crippen LogP contribution in [0.2, 0.25) is 0 Å². The highest BCUT2D eigenvalue weighted by atomic mass is 19.1. The van der Waals surface area contributed by atoms with E-state index in [4.69, 9.17) is 0 Å². The lowest BCUT2D eigenvalue weighted by atomic mass is 10.1. The number of piperazine rings is 1. The van der Waals surface area contributed by atoms with Crippen molar-refractivity contribution in [3.8, 4) is 0 Å². The first-order valence-electron chi connectivity index (χ1n) is 7.02. The van der Waals surface area contributed by atoms with E-state index in [1.54, 1.807) is 18.2 Å². The summed E-state index contributed by atoms with van der Waals surface area (Å²) in [5.41, 5.74) is 0.596. The molecule has 1 aromatic rings. The number of hydrogen-bond acceptors (Lipinski definition) is 3. The third-order valence-electron chi connectivity index (χ3n) is 3.79. The standard InChI is InChI=1S/C15H22FN3O/c1-12(13-5-3-4-6-14(13)16)17-11-15(20)19-9-7-18(2)8-10-19/h3-6,12,17H,7-11H2,1-2H3/t12-/m1/s1. The van der Waals surface area contributed by atoms with Crippen LogP contribution in [0.5, 0.6) is 0 Å². The minimum absolute atomic E-state index is 0.0845. The van der Waals surface area contributed by atoms with Crippen LogP contribution in [-0.2, 0) is 4.79 Å². The zero-order valence-corrected chi connectivity index (χ0v) is 12.1. The summed E-state index contributed by atoms with van der Waals surface area (Å²) in [5.74, 6) is -0.152. The topological polar surface area (TPSA) is 35.6 Å². The van der Waals surface area contributed by atoms with Crippen LogP contribution in [0.4, 0.5) is 4.39 Å². The van der Waals surface area contributed by atoms with E-state index in [9.17, 15) is 9.18 Å². The summed E-state index contributed by atoms with van der Waals surface area (Å²) in [5, 5.41) is 3.10. The molecule has 1 aliphatic heterocycles. The van der Waals surface area contributed by atoms with E-state index in [1.807, 2.05) is 11.8 Å². The Morgan fingerprint density at radius 3 is 2.60 bits per heavy atom. The molecule has 0 unspecified atom stereocenters. The molecule has 0 spiro atoms. The predicted molar refractivity (Wildman–Crippen MR) is 76.9 cm³/mol. The number of likely N-dealkylation sites (N-methyl/N-ethyl adjacent to an activating group) is 1. The summed E-state index contributed by atoms with van der Waals surface area (Å²) >= 11 is 0. The summed E-state index contributed by atoms with van der Waals surface area (Å²) in [4.78, 5) is 16.1. The molecule has 1 saturated heterocycles. The molecular weight excluding hydrogens is 257 g/mol. The van der Waals surface area contributed by atoms with Gasteiger partial charge in [-0.25, -0.2) is 4.39 Å². The van der Waals surface area contributed by atoms with Crippen molar-refractivity contribution in [2.24, 2.45) is 0 Å². The number of halogens is 1. The number of nitrogens with zero attached hydrogens (tertiary/aromatic N) is 2. The Morgan fingerprint density at radius 2 is 1.95 bits per heavy atom. The average molecular weight is 279 g/mol. The Labute approximate surface area is 119 Å². The zero-order chi connectivity index (χ0) is 14.5. The van der Waals surface area contributed by atoms with Gasteiger partial charge in [-0.05, 0) is 20.0 Å². The van der Waals surface area contributed by atoms with Gasteiger partial charge in [-0.15, -0.1) is 0 Å². The van der Waals surface area contributed by atoms with Crippen molar-refractivity contribution in [2.45, 2.75) is 13.0 Å². The first-order valence-corrected chi connectivity index (χ1v) is 7.02. The Kier molecular flexibility index (Phi) is 5.09. The fraction of sp³-hybridized carbons (Fsp3) is 0.533. The van der Waals surface area contributed by atoms with Gasteiger partial charge in [-0.1, -0.05) is 18.2 Å². The van der Waals surface area contributed by atoms with Gasteiger partial charge >= 0.3 is 0 Å². The molecule has 1 heterocycles. The fourth-order valence-corrected chi connectivity index (χ4v) is 2.34. The second kappa shape index (κ2) is 6.81. The maximum Gasteiger partial charge on any atom is 0.236 e. The average Bonchev–Trinajstić information content (AvgIpc) is 2.45. The van der Waals surface area contributed by atoms with Crippen molar-refractivity contribution < 1.29 is 9.18 Å². The lowest BCUT2D eigenvalue weighted by Gasteiger charge is -2.32. The lowest BCUT2D eigenvalue weighted by molar-refractivity contribution is -0.131. The lowest BCUT2D eigenvalue weighted by Crippen LogP contribution is -2.49. The SMILES string of the molecule is C[C@@H](NCC(=O)N1CCN(C)CC1)c1ccccc1F. The van der Waals surface area contributed by atoms with E-state index >= 15 is 0 Å². The summed E-state index contributed by atoms with van der Waals surface area (Å²) in [7, 11) is 2.06. The van der Waals surface area contributed by atoms with E-state index < -0.39 is 0 Å². The van der Waals surface area contributed by atoms with Gasteiger partial charge in [-0.3, -0.25) is 4.79 Å². The van der Waals surface area contributed by atoms with Gasteiger partial charge in [0.15, 0.2) is 0 Å². The number of nitrogens with one attached hydrogen (secondary N) is 1. The van der Waals surface area contributed by atoms with Gasteiger partial charge < -0.3 is 15.1 Å². The van der Waals surface area contributed by atoms with E-state index in [2.05, 4.69) is 17.3 Å². The third-order valence-corrected chi connectivity index (χ3v) is 3.79. The number of amides is 1. The molecule has 5 heteroatoms. The minimum atomic E-state index is -0.237. The van der Waals surface area contributed by atoms with Gasteiger partial charge in [0.2, 0.25) is 5.91 Å². The Hall–Kier alpha value is -1.46. The van der Waals surface area contributed by atoms with Crippen LogP contribution < -0.4 is 5.32 Å². The van der Waals surface area contributed by atoms with Crippen LogP contribution in [-0.4, -0.2) is 55.5 Å². The zero-order valence-electron chi connectivity index (χ0n) is 12.1. The first kappa shape index (κ1) is 14.9. The van der Waals surface area contributed by atoms with Crippen molar-refractivity contribution in [3.63, 3.8) is 0 Å². The molecule has 2 rings (SSSR count). The normalized spacial score (nSPS) is 18.1. The minimum Gasteiger partial charge on any atom is -0.339 e. The molecule has 0 saturated carbocycles. The van der Waals surface area contributed by atoms with Crippen molar-refractivity contribution in [1.82, 2.24) is 15.1 Å². The first-order chi connectivity index (χ1) is 9.58. The molecule has 1 aromatic carbocycles. The largest absolute Gasteiger partial charge is 0.339 e. The second-order valence-corrected chi connectivity index (χ2v) is 5.31. The second-order valence-electron chi connectivity index (χ2n) is 5.31. The molecule has 110 valence electrons. The van der Waals surface area contributed by atoms with Gasteiger partial charge in [0.1, 0.15) is 5.82 Å². The Balaban J connectivity index is 1.83. The molecule has 0 aliphatic carbocycles. The summed E-state index contributed by atoms with van der Waals surface area (Å²) < 4.78 is 13.6. The summed E-state index contributed by atoms with van der Waals surface area (Å²) in [6.07, 6.45) is 0. The van der Waals surface area contributed by atoms with Crippen molar-refractivity contribution in [1.29, 1.82) is 0 Å². The molecule has 0 aromatic heterocycles. The Bertz CT molecular complexity index is 458. The molecule has 20 heavy (non-hydrogen) atoms. The Morgan fingerprint density at radius 1 is 1.30 bits per heavy atom. The quantitative estimate of drug-likeness (QED) is 0.901. The van der Waals surface area contributed by atoms with E-state index in [-0.39, 0.29) is 24.3 Å². The van der Waals surface area contributed by atoms with Crippen LogP contribution in [0.25, 0.3) is 0 Å². The number of hydrogen-bond donors (Lipinski definition) is 1. The van der Waals surface area contributed by atoms with Crippen LogP contribution in [0.15, 0.2) is 24.3 Å². The number of carbonyl (C=O) groups is 1. The highest BCUT2D eigenvalue weighted by Gasteiger charge is 2.19. The molecule has 0 bridgehead atoms. The van der Waals surface area contributed by atoms with Crippen LogP contribution >= 0.6 is 0 Å². The van der Waals surface area contributed by atoms with E-state index in [0.29, 0.717) is 5.56 Å². The monoisotopic (exact) mass is 279 g/mol. The fourth-order valence-electron chi connectivity index (χ4n) is 2.34. The summed E-state index contributed by atoms with van der Waals surface area (Å²) in [6, 6.07) is 6.48. The molecule has 1 fully saturated rings. The molecule has 0 radical (unpaired) electrons. The summed E-state index contributed by atoms with van der Waals surface area (Å²) in [6.45, 7) is 5.48. The van der Waals surface area contributed by atoms with E-state index in [1.165, 1.54) is 6.07 Å². The molecule has 1 atom stereocenters. The smallest absolute Gasteiger partial charge is 0.236 e. The van der Waals surface area contributed by atoms with Gasteiger partial charge in [-0.2, -0.15) is 0 Å². The molecule has 4 nitrogen and oxygen atoms in total. The number of carbonyl (C=O) groups excluding carboxylic acids is 1. The van der Waals surface area contributed by atoms with Crippen molar-refractivity contribution in [2.75, 3.05) is 39.8 Å². The molecule has 1 N–H and O–H groups in total. The molecule has 1 amide bonds. The molecular formula is C15H22FN3O. The van der Waals surface area contributed by atoms with E-state index in [0.717, 1.165) is 26.2 Å². The predicted octanol–water partition coefficient (Wildman–Crippen LogP) is 1.25. The maximum atomic E-state index is 13.6. The van der Waals surface area contributed by atoms with Crippen LogP contribution in [0.1, 0.15) is 18.5 Å². The van der Waals surface area contributed by atoms with Crippen LogP contribution in [0.3, 0.4) is 0 Å². The van der Waals surface area contributed by atoms with Crippen molar-refractivity contribution in [3.05, 3.63) is 35.6 Å². The number of rotatable bonds is 4. The molecule has 1 aliphatic rings. The van der Waals surface area contributed by atoms with Gasteiger partial charge in [0.25, 0.3) is 0 Å². The number of benzene rings is 1. The van der Waals surface area contributed by atoms with Crippen molar-refractivity contribution >= 4 is 5.91 Å². The van der Waals surface area contributed by atoms with Gasteiger partial charge in [0, 0.05) is 37.8 Å². The highest BCUT2D eigenvalue weighted by molar-refractivity contribution is 5.78. The highest BCUT2D eigenvalue weighted by Crippen LogP contribution is 2.15.